The lowest BCUT2D eigenvalue weighted by Crippen LogP contribution is -2.36. The van der Waals surface area contributed by atoms with Gasteiger partial charge in [0.1, 0.15) is 6.04 Å². The van der Waals surface area contributed by atoms with E-state index < -0.39 is 17.0 Å². The molecule has 0 aromatic heterocycles. The molecule has 0 saturated carbocycles. The molecular formula is C7H12N4O5. The number of carboxylic acid groups (broad SMARTS) is 1. The van der Waals surface area contributed by atoms with Gasteiger partial charge in [0.05, 0.1) is 0 Å². The van der Waals surface area contributed by atoms with Crippen molar-refractivity contribution in [2.45, 2.75) is 25.3 Å². The quantitative estimate of drug-likeness (QED) is 0.140. The molecule has 0 aliphatic heterocycles. The molecule has 0 aliphatic rings. The van der Waals surface area contributed by atoms with Crippen LogP contribution in [0.4, 0.5) is 0 Å². The number of amidine groups is 1. The Kier molecular flexibility index (Phi) is 6.17. The number of carbonyl (C=O) groups is 2. The summed E-state index contributed by atoms with van der Waals surface area (Å²) in [4.78, 5) is 30.5. The van der Waals surface area contributed by atoms with Crippen LogP contribution >= 0.6 is 0 Å². The Morgan fingerprint density at radius 2 is 2.25 bits per heavy atom. The Balaban J connectivity index is 3.85. The number of nitrogens with zero attached hydrogens (tertiary/aromatic N) is 1. The van der Waals surface area contributed by atoms with E-state index in [1.165, 1.54) is 0 Å². The summed E-state index contributed by atoms with van der Waals surface area (Å²) < 4.78 is 0. The first-order valence-electron chi connectivity index (χ1n) is 4.38. The molecule has 1 atom stereocenters. The van der Waals surface area contributed by atoms with Gasteiger partial charge in [-0.05, 0) is 12.8 Å². The summed E-state index contributed by atoms with van der Waals surface area (Å²) >= 11 is 0. The molecule has 0 spiro atoms. The summed E-state index contributed by atoms with van der Waals surface area (Å²) in [7, 11) is 0. The van der Waals surface area contributed by atoms with Gasteiger partial charge in [0.15, 0.2) is 10.9 Å². The number of nitro groups is 1. The molecule has 9 heteroatoms. The Labute approximate surface area is 90.5 Å². The second-order valence-electron chi connectivity index (χ2n) is 2.92. The second-order valence-corrected chi connectivity index (χ2v) is 2.92. The first-order valence-corrected chi connectivity index (χ1v) is 4.38. The van der Waals surface area contributed by atoms with Crippen molar-refractivity contribution in [2.24, 2.45) is 0 Å². The van der Waals surface area contributed by atoms with Crippen molar-refractivity contribution in [3.05, 3.63) is 10.1 Å². The normalized spacial score (nSPS) is 11.2. The summed E-state index contributed by atoms with van der Waals surface area (Å²) in [5.74, 6) is -1.49. The lowest BCUT2D eigenvalue weighted by atomic mass is 10.1. The van der Waals surface area contributed by atoms with E-state index in [1.807, 2.05) is 0 Å². The summed E-state index contributed by atoms with van der Waals surface area (Å²) in [6.45, 7) is 0. The van der Waals surface area contributed by atoms with E-state index in [2.05, 4.69) is 5.32 Å². The van der Waals surface area contributed by atoms with Crippen LogP contribution in [-0.4, -0.2) is 34.4 Å². The molecule has 0 heterocycles. The lowest BCUT2D eigenvalue weighted by molar-refractivity contribution is -0.525. The minimum atomic E-state index is -1.18. The molecule has 9 nitrogen and oxygen atoms in total. The fraction of sp³-hybridized carbons (Fsp3) is 0.571. The highest BCUT2D eigenvalue weighted by atomic mass is 16.7. The number of carbonyl (C=O) groups excluding carboxylic acids is 1. The lowest BCUT2D eigenvalue weighted by Gasteiger charge is -2.10. The average molecular weight is 232 g/mol. The molecule has 0 rings (SSSR count). The van der Waals surface area contributed by atoms with Gasteiger partial charge in [-0.3, -0.25) is 10.2 Å². The standard InChI is InChI=1S/C7H12N4O5/c8-6(10-11(15)16)3-1-2-5(7(13)14)9-4-12/h4-5H,1-3H2,(H2,8,10)(H,9,12)(H,13,14)/t5-/m0/s1. The van der Waals surface area contributed by atoms with Gasteiger partial charge in [0, 0.05) is 6.42 Å². The summed E-state index contributed by atoms with van der Waals surface area (Å²) in [6.07, 6.45) is 0.679. The van der Waals surface area contributed by atoms with Crippen molar-refractivity contribution < 1.29 is 19.7 Å². The van der Waals surface area contributed by atoms with Crippen LogP contribution in [-0.2, 0) is 9.59 Å². The van der Waals surface area contributed by atoms with Crippen LogP contribution in [0.15, 0.2) is 0 Å². The number of aliphatic carboxylic acids is 1. The minimum Gasteiger partial charge on any atom is -0.480 e. The average Bonchev–Trinajstić information content (AvgIpc) is 2.15. The number of hydrogen-bond acceptors (Lipinski definition) is 5. The van der Waals surface area contributed by atoms with Crippen molar-refractivity contribution in [3.63, 3.8) is 0 Å². The van der Waals surface area contributed by atoms with Crippen LogP contribution in [0.2, 0.25) is 0 Å². The maximum Gasteiger partial charge on any atom is 0.326 e. The molecule has 0 unspecified atom stereocenters. The van der Waals surface area contributed by atoms with Gasteiger partial charge in [-0.2, -0.15) is 0 Å². The topological polar surface area (TPSA) is 145 Å². The molecule has 1 amide bonds. The molecule has 0 bridgehead atoms. The van der Waals surface area contributed by atoms with Crippen LogP contribution in [0.5, 0.6) is 0 Å². The number of nitrogens with one attached hydrogen (secondary N) is 3. The Morgan fingerprint density at radius 3 is 2.69 bits per heavy atom. The van der Waals surface area contributed by atoms with Crippen molar-refractivity contribution in [2.75, 3.05) is 0 Å². The highest BCUT2D eigenvalue weighted by Crippen LogP contribution is 2.01. The maximum absolute atomic E-state index is 10.5. The van der Waals surface area contributed by atoms with E-state index in [0.717, 1.165) is 0 Å². The van der Waals surface area contributed by atoms with E-state index in [1.54, 1.807) is 5.43 Å². The zero-order chi connectivity index (χ0) is 12.6. The third-order valence-corrected chi connectivity index (χ3v) is 1.71. The summed E-state index contributed by atoms with van der Waals surface area (Å²) in [5.41, 5.74) is 1.65. The number of hydrazine groups is 1. The van der Waals surface area contributed by atoms with E-state index in [9.17, 15) is 19.7 Å². The fourth-order valence-electron chi connectivity index (χ4n) is 1.01. The van der Waals surface area contributed by atoms with E-state index >= 15 is 0 Å². The van der Waals surface area contributed by atoms with Gasteiger partial charge in [-0.1, -0.05) is 5.43 Å². The van der Waals surface area contributed by atoms with Gasteiger partial charge in [-0.15, -0.1) is 0 Å². The largest absolute Gasteiger partial charge is 0.480 e. The molecule has 0 fully saturated rings. The van der Waals surface area contributed by atoms with E-state index in [4.69, 9.17) is 10.5 Å². The van der Waals surface area contributed by atoms with Gasteiger partial charge in [0.2, 0.25) is 6.41 Å². The first-order chi connectivity index (χ1) is 7.47. The monoisotopic (exact) mass is 232 g/mol. The highest BCUT2D eigenvalue weighted by Gasteiger charge is 2.16. The highest BCUT2D eigenvalue weighted by molar-refractivity contribution is 5.78. The molecular weight excluding hydrogens is 220 g/mol. The van der Waals surface area contributed by atoms with Gasteiger partial charge >= 0.3 is 5.97 Å². The van der Waals surface area contributed by atoms with Crippen LogP contribution in [0.3, 0.4) is 0 Å². The number of rotatable bonds is 8. The smallest absolute Gasteiger partial charge is 0.326 e. The number of amides is 1. The Bertz CT molecular complexity index is 293. The summed E-state index contributed by atoms with van der Waals surface area (Å²) in [6, 6.07) is -1.03. The Morgan fingerprint density at radius 1 is 1.62 bits per heavy atom. The molecule has 0 radical (unpaired) electrons. The zero-order valence-electron chi connectivity index (χ0n) is 8.30. The maximum atomic E-state index is 10.5. The predicted molar refractivity (Wildman–Crippen MR) is 52.3 cm³/mol. The molecule has 0 aromatic carbocycles. The third kappa shape index (κ3) is 6.29. The molecule has 90 valence electrons. The van der Waals surface area contributed by atoms with Crippen LogP contribution in [0, 0.1) is 15.5 Å². The van der Waals surface area contributed by atoms with Gasteiger partial charge < -0.3 is 10.4 Å². The van der Waals surface area contributed by atoms with Crippen molar-refractivity contribution in [1.82, 2.24) is 10.7 Å². The third-order valence-electron chi connectivity index (χ3n) is 1.71. The number of carboxylic acids is 1. The summed E-state index contributed by atoms with van der Waals surface area (Å²) in [5, 5.41) is 26.8. The van der Waals surface area contributed by atoms with Crippen molar-refractivity contribution in [1.29, 1.82) is 5.41 Å². The first kappa shape index (κ1) is 13.8. The van der Waals surface area contributed by atoms with Crippen LogP contribution in [0.25, 0.3) is 0 Å². The second kappa shape index (κ2) is 7.15. The van der Waals surface area contributed by atoms with Crippen molar-refractivity contribution >= 4 is 18.2 Å². The van der Waals surface area contributed by atoms with E-state index in [-0.39, 0.29) is 31.5 Å². The predicted octanol–water partition coefficient (Wildman–Crippen LogP) is -0.886. The molecule has 0 aromatic rings. The minimum absolute atomic E-state index is 0.0469. The van der Waals surface area contributed by atoms with Gasteiger partial charge in [-0.25, -0.2) is 14.9 Å². The van der Waals surface area contributed by atoms with Gasteiger partial charge in [0.25, 0.3) is 0 Å². The fourth-order valence-corrected chi connectivity index (χ4v) is 1.01. The van der Waals surface area contributed by atoms with Crippen LogP contribution < -0.4 is 10.7 Å². The van der Waals surface area contributed by atoms with E-state index in [0.29, 0.717) is 0 Å². The molecule has 0 saturated heterocycles. The zero-order valence-corrected chi connectivity index (χ0v) is 8.30. The number of hydrogen-bond donors (Lipinski definition) is 4. The van der Waals surface area contributed by atoms with Crippen LogP contribution in [0.1, 0.15) is 19.3 Å². The van der Waals surface area contributed by atoms with Crippen molar-refractivity contribution in [3.8, 4) is 0 Å². The Hall–Kier alpha value is -2.19. The SMILES string of the molecule is N=C(CCC[C@H](NC=O)C(=O)O)N[N+](=O)[O-]. The molecule has 0 aliphatic carbocycles. The molecule has 4 N–H and O–H groups in total. The molecule has 16 heavy (non-hydrogen) atoms.